The molecule has 1 unspecified atom stereocenters. The first-order chi connectivity index (χ1) is 9.25. The van der Waals surface area contributed by atoms with Gasteiger partial charge in [0.15, 0.2) is 6.10 Å². The Bertz CT molecular complexity index is 508. The predicted molar refractivity (Wildman–Crippen MR) is 73.3 cm³/mol. The normalized spacial score (nSPS) is 11.8. The number of hydrogen-bond donors (Lipinski definition) is 1. The molecule has 3 heteroatoms. The molecule has 0 saturated heterocycles. The van der Waals surface area contributed by atoms with E-state index in [-0.39, 0.29) is 0 Å². The molecule has 2 aromatic carbocycles. The van der Waals surface area contributed by atoms with Crippen LogP contribution < -0.4 is 4.74 Å². The fraction of sp³-hybridized carbons (Fsp3) is 0.188. The van der Waals surface area contributed by atoms with Crippen LogP contribution in [0.15, 0.2) is 60.7 Å². The van der Waals surface area contributed by atoms with Gasteiger partial charge in [0, 0.05) is 0 Å². The van der Waals surface area contributed by atoms with Crippen LogP contribution in [0.5, 0.6) is 5.75 Å². The average Bonchev–Trinajstić information content (AvgIpc) is 2.45. The fourth-order valence-electron chi connectivity index (χ4n) is 1.84. The Morgan fingerprint density at radius 1 is 1.00 bits per heavy atom. The van der Waals surface area contributed by atoms with E-state index in [2.05, 4.69) is 0 Å². The van der Waals surface area contributed by atoms with Gasteiger partial charge in [-0.15, -0.1) is 0 Å². The Morgan fingerprint density at radius 2 is 1.58 bits per heavy atom. The van der Waals surface area contributed by atoms with Gasteiger partial charge in [-0.25, -0.2) is 4.79 Å². The lowest BCUT2D eigenvalue weighted by atomic mass is 10.1. The quantitative estimate of drug-likeness (QED) is 0.863. The van der Waals surface area contributed by atoms with Crippen LogP contribution in [0.4, 0.5) is 0 Å². The number of aliphatic carboxylic acids is 1. The van der Waals surface area contributed by atoms with E-state index in [0.29, 0.717) is 18.6 Å². The monoisotopic (exact) mass is 256 g/mol. The second-order valence-corrected chi connectivity index (χ2v) is 4.28. The maximum Gasteiger partial charge on any atom is 0.344 e. The zero-order valence-corrected chi connectivity index (χ0v) is 10.5. The molecule has 0 spiro atoms. The number of carboxylic acid groups (broad SMARTS) is 1. The van der Waals surface area contributed by atoms with Crippen LogP contribution in [-0.2, 0) is 11.2 Å². The largest absolute Gasteiger partial charge is 0.479 e. The molecule has 2 rings (SSSR count). The van der Waals surface area contributed by atoms with Gasteiger partial charge in [-0.1, -0.05) is 48.5 Å². The molecule has 0 radical (unpaired) electrons. The molecular weight excluding hydrogens is 240 g/mol. The molecule has 0 saturated carbocycles. The SMILES string of the molecule is O=C(O)C(CCc1ccccc1)Oc1ccccc1. The maximum absolute atomic E-state index is 11.2. The summed E-state index contributed by atoms with van der Waals surface area (Å²) in [5.74, 6) is -0.345. The van der Waals surface area contributed by atoms with Crippen molar-refractivity contribution in [3.63, 3.8) is 0 Å². The Morgan fingerprint density at radius 3 is 2.16 bits per heavy atom. The van der Waals surface area contributed by atoms with Crippen molar-refractivity contribution in [3.05, 3.63) is 66.2 Å². The number of hydrogen-bond acceptors (Lipinski definition) is 2. The summed E-state index contributed by atoms with van der Waals surface area (Å²) in [6, 6.07) is 18.9. The molecule has 0 aliphatic heterocycles. The van der Waals surface area contributed by atoms with Crippen LogP contribution in [-0.4, -0.2) is 17.2 Å². The lowest BCUT2D eigenvalue weighted by Gasteiger charge is -2.15. The second kappa shape index (κ2) is 6.59. The van der Waals surface area contributed by atoms with E-state index in [1.807, 2.05) is 48.5 Å². The minimum Gasteiger partial charge on any atom is -0.479 e. The van der Waals surface area contributed by atoms with Gasteiger partial charge in [-0.05, 0) is 30.5 Å². The molecule has 0 amide bonds. The smallest absolute Gasteiger partial charge is 0.344 e. The summed E-state index contributed by atoms with van der Waals surface area (Å²) in [5, 5.41) is 9.19. The highest BCUT2D eigenvalue weighted by Gasteiger charge is 2.19. The Hall–Kier alpha value is -2.29. The zero-order chi connectivity index (χ0) is 13.5. The number of para-hydroxylation sites is 1. The van der Waals surface area contributed by atoms with E-state index < -0.39 is 12.1 Å². The van der Waals surface area contributed by atoms with Gasteiger partial charge >= 0.3 is 5.97 Å². The van der Waals surface area contributed by atoms with Crippen molar-refractivity contribution in [1.29, 1.82) is 0 Å². The summed E-state index contributed by atoms with van der Waals surface area (Å²) in [6.07, 6.45) is 0.321. The number of aryl methyl sites for hydroxylation is 1. The Balaban J connectivity index is 1.95. The number of benzene rings is 2. The predicted octanol–water partition coefficient (Wildman–Crippen LogP) is 3.15. The minimum absolute atomic E-state index is 0.453. The van der Waals surface area contributed by atoms with Crippen molar-refractivity contribution in [2.75, 3.05) is 0 Å². The van der Waals surface area contributed by atoms with E-state index in [1.165, 1.54) is 0 Å². The first-order valence-electron chi connectivity index (χ1n) is 6.24. The van der Waals surface area contributed by atoms with E-state index >= 15 is 0 Å². The van der Waals surface area contributed by atoms with E-state index in [4.69, 9.17) is 4.74 Å². The van der Waals surface area contributed by atoms with E-state index in [9.17, 15) is 9.90 Å². The summed E-state index contributed by atoms with van der Waals surface area (Å²) in [6.45, 7) is 0. The minimum atomic E-state index is -0.931. The molecule has 19 heavy (non-hydrogen) atoms. The first kappa shape index (κ1) is 13.1. The molecule has 0 heterocycles. The van der Waals surface area contributed by atoms with Crippen molar-refractivity contribution >= 4 is 5.97 Å². The zero-order valence-electron chi connectivity index (χ0n) is 10.5. The van der Waals surface area contributed by atoms with Crippen molar-refractivity contribution in [2.45, 2.75) is 18.9 Å². The van der Waals surface area contributed by atoms with Gasteiger partial charge in [0.25, 0.3) is 0 Å². The van der Waals surface area contributed by atoms with Crippen LogP contribution in [0, 0.1) is 0 Å². The van der Waals surface area contributed by atoms with Gasteiger partial charge in [-0.3, -0.25) is 0 Å². The summed E-state index contributed by atoms with van der Waals surface area (Å²) < 4.78 is 5.50. The highest BCUT2D eigenvalue weighted by molar-refractivity contribution is 5.72. The van der Waals surface area contributed by atoms with Gasteiger partial charge < -0.3 is 9.84 Å². The van der Waals surface area contributed by atoms with E-state index in [0.717, 1.165) is 5.56 Å². The number of ether oxygens (including phenoxy) is 1. The Labute approximate surface area is 112 Å². The topological polar surface area (TPSA) is 46.5 Å². The first-order valence-corrected chi connectivity index (χ1v) is 6.24. The average molecular weight is 256 g/mol. The number of carboxylic acids is 1. The van der Waals surface area contributed by atoms with Gasteiger partial charge in [0.2, 0.25) is 0 Å². The second-order valence-electron chi connectivity index (χ2n) is 4.28. The molecule has 0 aromatic heterocycles. The summed E-state index contributed by atoms with van der Waals surface area (Å²) in [5.41, 5.74) is 1.12. The third kappa shape index (κ3) is 4.14. The van der Waals surface area contributed by atoms with Crippen molar-refractivity contribution in [3.8, 4) is 5.75 Å². The third-order valence-electron chi connectivity index (χ3n) is 2.84. The maximum atomic E-state index is 11.2. The van der Waals surface area contributed by atoms with Crippen molar-refractivity contribution in [1.82, 2.24) is 0 Å². The number of carbonyl (C=O) groups is 1. The molecule has 2 aromatic rings. The molecule has 98 valence electrons. The van der Waals surface area contributed by atoms with Gasteiger partial charge in [0.05, 0.1) is 0 Å². The molecule has 0 bridgehead atoms. The number of rotatable bonds is 6. The molecule has 0 aliphatic rings. The molecule has 1 N–H and O–H groups in total. The molecule has 0 fully saturated rings. The van der Waals surface area contributed by atoms with Gasteiger partial charge in [0.1, 0.15) is 5.75 Å². The van der Waals surface area contributed by atoms with Crippen LogP contribution in [0.2, 0.25) is 0 Å². The fourth-order valence-corrected chi connectivity index (χ4v) is 1.84. The highest BCUT2D eigenvalue weighted by Crippen LogP contribution is 2.14. The van der Waals surface area contributed by atoms with Crippen molar-refractivity contribution < 1.29 is 14.6 Å². The van der Waals surface area contributed by atoms with Crippen LogP contribution in [0.25, 0.3) is 0 Å². The van der Waals surface area contributed by atoms with Crippen LogP contribution in [0.3, 0.4) is 0 Å². The Kier molecular flexibility index (Phi) is 4.56. The lowest BCUT2D eigenvalue weighted by molar-refractivity contribution is -0.145. The van der Waals surface area contributed by atoms with E-state index in [1.54, 1.807) is 12.1 Å². The van der Waals surface area contributed by atoms with Crippen LogP contribution in [0.1, 0.15) is 12.0 Å². The molecular formula is C16H16O3. The van der Waals surface area contributed by atoms with Crippen LogP contribution >= 0.6 is 0 Å². The summed E-state index contributed by atoms with van der Waals surface area (Å²) in [7, 11) is 0. The van der Waals surface area contributed by atoms with Gasteiger partial charge in [-0.2, -0.15) is 0 Å². The standard InChI is InChI=1S/C16H16O3/c17-16(18)15(19-14-9-5-2-6-10-14)12-11-13-7-3-1-4-8-13/h1-10,15H,11-12H2,(H,17,18). The summed E-state index contributed by atoms with van der Waals surface area (Å²) in [4.78, 5) is 11.2. The molecule has 3 nitrogen and oxygen atoms in total. The molecule has 1 atom stereocenters. The highest BCUT2D eigenvalue weighted by atomic mass is 16.5. The molecule has 0 aliphatic carbocycles. The lowest BCUT2D eigenvalue weighted by Crippen LogP contribution is -2.27. The third-order valence-corrected chi connectivity index (χ3v) is 2.84. The summed E-state index contributed by atoms with van der Waals surface area (Å²) >= 11 is 0. The van der Waals surface area contributed by atoms with Crippen molar-refractivity contribution in [2.24, 2.45) is 0 Å².